The third-order valence-electron chi connectivity index (χ3n) is 4.48. The summed E-state index contributed by atoms with van der Waals surface area (Å²) in [6, 6.07) is 22.4. The number of aryl methyl sites for hydroxylation is 2. The average Bonchev–Trinajstić information content (AvgIpc) is 2.74. The summed E-state index contributed by atoms with van der Waals surface area (Å²) in [5, 5.41) is 12.9. The van der Waals surface area contributed by atoms with E-state index in [4.69, 9.17) is 16.3 Å². The highest BCUT2D eigenvalue weighted by Gasteiger charge is 2.11. The van der Waals surface area contributed by atoms with E-state index in [-0.39, 0.29) is 5.57 Å². The van der Waals surface area contributed by atoms with Gasteiger partial charge in [-0.2, -0.15) is 5.26 Å². The van der Waals surface area contributed by atoms with E-state index in [1.165, 1.54) is 0 Å². The highest BCUT2D eigenvalue weighted by Crippen LogP contribution is 2.20. The maximum Gasteiger partial charge on any atom is 0.266 e. The Morgan fingerprint density at radius 1 is 1.10 bits per heavy atom. The summed E-state index contributed by atoms with van der Waals surface area (Å²) in [5.41, 5.74) is 4.45. The smallest absolute Gasteiger partial charge is 0.266 e. The summed E-state index contributed by atoms with van der Waals surface area (Å²) in [7, 11) is 0. The number of carbonyl (C=O) groups is 1. The van der Waals surface area contributed by atoms with E-state index in [0.717, 1.165) is 16.7 Å². The maximum atomic E-state index is 12.6. The standard InChI is InChI=1S/C25H21ClN2O2/c1-17-6-11-24(18(2)12-17)28-25(29)21(15-27)13-20-4-3-5-23(14-20)30-16-19-7-9-22(26)10-8-19/h3-14H,16H2,1-2H3,(H,28,29)/b21-13-. The second-order valence-electron chi connectivity index (χ2n) is 6.93. The van der Waals surface area contributed by atoms with Gasteiger partial charge in [-0.25, -0.2) is 0 Å². The fourth-order valence-corrected chi connectivity index (χ4v) is 3.03. The molecule has 0 heterocycles. The first-order valence-corrected chi connectivity index (χ1v) is 9.80. The predicted molar refractivity (Wildman–Crippen MR) is 120 cm³/mol. The Bertz CT molecular complexity index is 1130. The van der Waals surface area contributed by atoms with Crippen LogP contribution in [0.3, 0.4) is 0 Å². The second kappa shape index (κ2) is 9.78. The Morgan fingerprint density at radius 3 is 2.57 bits per heavy atom. The van der Waals surface area contributed by atoms with Gasteiger partial charge in [-0.3, -0.25) is 4.79 Å². The molecule has 30 heavy (non-hydrogen) atoms. The number of rotatable bonds is 6. The van der Waals surface area contributed by atoms with Crippen molar-refractivity contribution in [2.24, 2.45) is 0 Å². The Kier molecular flexibility index (Phi) is 6.90. The molecule has 3 aromatic rings. The number of nitrogens with one attached hydrogen (secondary N) is 1. The highest BCUT2D eigenvalue weighted by molar-refractivity contribution is 6.30. The van der Waals surface area contributed by atoms with Crippen LogP contribution in [-0.2, 0) is 11.4 Å². The number of amides is 1. The quantitative estimate of drug-likeness (QED) is 0.391. The maximum absolute atomic E-state index is 12.6. The fraction of sp³-hybridized carbons (Fsp3) is 0.120. The molecule has 150 valence electrons. The van der Waals surface area contributed by atoms with Gasteiger partial charge < -0.3 is 10.1 Å². The van der Waals surface area contributed by atoms with E-state index in [1.54, 1.807) is 12.1 Å². The minimum absolute atomic E-state index is 0.0184. The first-order chi connectivity index (χ1) is 14.4. The zero-order valence-electron chi connectivity index (χ0n) is 16.8. The third kappa shape index (κ3) is 5.73. The molecular weight excluding hydrogens is 396 g/mol. The summed E-state index contributed by atoms with van der Waals surface area (Å²) < 4.78 is 5.82. The molecule has 1 N–H and O–H groups in total. The van der Waals surface area contributed by atoms with Crippen molar-refractivity contribution in [3.8, 4) is 11.8 Å². The van der Waals surface area contributed by atoms with E-state index in [1.807, 2.05) is 80.6 Å². The molecule has 4 nitrogen and oxygen atoms in total. The molecular formula is C25H21ClN2O2. The lowest BCUT2D eigenvalue weighted by Gasteiger charge is -2.09. The molecule has 0 fully saturated rings. The highest BCUT2D eigenvalue weighted by atomic mass is 35.5. The van der Waals surface area contributed by atoms with Gasteiger partial charge in [-0.1, -0.05) is 53.6 Å². The number of hydrogen-bond donors (Lipinski definition) is 1. The number of nitriles is 1. The van der Waals surface area contributed by atoms with Crippen molar-refractivity contribution >= 4 is 29.3 Å². The lowest BCUT2D eigenvalue weighted by molar-refractivity contribution is -0.112. The van der Waals surface area contributed by atoms with Crippen LogP contribution in [0.1, 0.15) is 22.3 Å². The number of benzene rings is 3. The summed E-state index contributed by atoms with van der Waals surface area (Å²) in [6.45, 7) is 4.30. The number of nitrogens with zero attached hydrogens (tertiary/aromatic N) is 1. The first-order valence-electron chi connectivity index (χ1n) is 9.42. The normalized spacial score (nSPS) is 10.9. The van der Waals surface area contributed by atoms with Crippen LogP contribution in [0.2, 0.25) is 5.02 Å². The van der Waals surface area contributed by atoms with Crippen molar-refractivity contribution in [3.05, 3.63) is 99.6 Å². The van der Waals surface area contributed by atoms with Crippen LogP contribution in [0, 0.1) is 25.2 Å². The molecule has 0 atom stereocenters. The predicted octanol–water partition coefficient (Wildman–Crippen LogP) is 6.08. The van der Waals surface area contributed by atoms with Gasteiger partial charge in [-0.05, 0) is 66.9 Å². The number of ether oxygens (including phenoxy) is 1. The van der Waals surface area contributed by atoms with Crippen LogP contribution < -0.4 is 10.1 Å². The van der Waals surface area contributed by atoms with Crippen LogP contribution in [0.5, 0.6) is 5.75 Å². The van der Waals surface area contributed by atoms with Gasteiger partial charge in [0.1, 0.15) is 24.0 Å². The Labute approximate surface area is 181 Å². The lowest BCUT2D eigenvalue weighted by Crippen LogP contribution is -2.14. The summed E-state index contributed by atoms with van der Waals surface area (Å²) in [6.07, 6.45) is 1.55. The van der Waals surface area contributed by atoms with Crippen LogP contribution in [-0.4, -0.2) is 5.91 Å². The molecule has 0 aromatic heterocycles. The van der Waals surface area contributed by atoms with E-state index in [9.17, 15) is 10.1 Å². The molecule has 5 heteroatoms. The van der Waals surface area contributed by atoms with Gasteiger partial charge >= 0.3 is 0 Å². The van der Waals surface area contributed by atoms with Gasteiger partial charge in [0.15, 0.2) is 0 Å². The Balaban J connectivity index is 1.72. The van der Waals surface area contributed by atoms with Crippen LogP contribution >= 0.6 is 11.6 Å². The minimum Gasteiger partial charge on any atom is -0.489 e. The number of anilines is 1. The molecule has 0 bridgehead atoms. The summed E-state index contributed by atoms with van der Waals surface area (Å²) in [5.74, 6) is 0.197. The molecule has 0 aliphatic rings. The minimum atomic E-state index is -0.447. The zero-order chi connectivity index (χ0) is 21.5. The van der Waals surface area contributed by atoms with E-state index in [2.05, 4.69) is 5.32 Å². The molecule has 0 unspecified atom stereocenters. The van der Waals surface area contributed by atoms with Gasteiger partial charge in [0.25, 0.3) is 5.91 Å². The molecule has 0 saturated heterocycles. The average molecular weight is 417 g/mol. The van der Waals surface area contributed by atoms with Crippen molar-refractivity contribution in [1.82, 2.24) is 0 Å². The van der Waals surface area contributed by atoms with Crippen LogP contribution in [0.4, 0.5) is 5.69 Å². The molecule has 0 aliphatic heterocycles. The SMILES string of the molecule is Cc1ccc(NC(=O)/C(C#N)=C\c2cccc(OCc3ccc(Cl)cc3)c2)c(C)c1. The topological polar surface area (TPSA) is 62.1 Å². The summed E-state index contributed by atoms with van der Waals surface area (Å²) in [4.78, 5) is 12.6. The van der Waals surface area contributed by atoms with Gasteiger partial charge in [0.05, 0.1) is 0 Å². The van der Waals surface area contributed by atoms with Gasteiger partial charge in [-0.15, -0.1) is 0 Å². The van der Waals surface area contributed by atoms with E-state index < -0.39 is 5.91 Å². The van der Waals surface area contributed by atoms with Crippen molar-refractivity contribution in [1.29, 1.82) is 5.26 Å². The third-order valence-corrected chi connectivity index (χ3v) is 4.74. The lowest BCUT2D eigenvalue weighted by atomic mass is 10.1. The molecule has 3 rings (SSSR count). The number of carbonyl (C=O) groups excluding carboxylic acids is 1. The van der Waals surface area contributed by atoms with Crippen molar-refractivity contribution in [2.75, 3.05) is 5.32 Å². The van der Waals surface area contributed by atoms with E-state index >= 15 is 0 Å². The van der Waals surface area contributed by atoms with Crippen molar-refractivity contribution < 1.29 is 9.53 Å². The number of hydrogen-bond acceptors (Lipinski definition) is 3. The molecule has 1 amide bonds. The Hall–Kier alpha value is -3.55. The molecule has 0 spiro atoms. The number of halogens is 1. The van der Waals surface area contributed by atoms with Gasteiger partial charge in [0, 0.05) is 10.7 Å². The monoisotopic (exact) mass is 416 g/mol. The summed E-state index contributed by atoms with van der Waals surface area (Å²) >= 11 is 5.90. The first kappa shape index (κ1) is 21.2. The zero-order valence-corrected chi connectivity index (χ0v) is 17.5. The van der Waals surface area contributed by atoms with Gasteiger partial charge in [0.2, 0.25) is 0 Å². The largest absolute Gasteiger partial charge is 0.489 e. The fourth-order valence-electron chi connectivity index (χ4n) is 2.90. The van der Waals surface area contributed by atoms with Crippen molar-refractivity contribution in [3.63, 3.8) is 0 Å². The molecule has 3 aromatic carbocycles. The van der Waals surface area contributed by atoms with Crippen LogP contribution in [0.25, 0.3) is 6.08 Å². The molecule has 0 radical (unpaired) electrons. The van der Waals surface area contributed by atoms with E-state index in [0.29, 0.717) is 28.6 Å². The Morgan fingerprint density at radius 2 is 1.87 bits per heavy atom. The molecule has 0 aliphatic carbocycles. The molecule has 0 saturated carbocycles. The van der Waals surface area contributed by atoms with Crippen molar-refractivity contribution in [2.45, 2.75) is 20.5 Å². The second-order valence-corrected chi connectivity index (χ2v) is 7.37. The van der Waals surface area contributed by atoms with Crippen LogP contribution in [0.15, 0.2) is 72.3 Å².